The molecule has 1 saturated carbocycles. The Morgan fingerprint density at radius 3 is 2.50 bits per heavy atom. The van der Waals surface area contributed by atoms with E-state index in [2.05, 4.69) is 20.8 Å². The molecule has 1 aromatic heterocycles. The van der Waals surface area contributed by atoms with Crippen LogP contribution in [0.3, 0.4) is 0 Å². The summed E-state index contributed by atoms with van der Waals surface area (Å²) in [6.45, 7) is 1.86. The van der Waals surface area contributed by atoms with Gasteiger partial charge in [0, 0.05) is 18.7 Å². The number of tetrazole rings is 1. The van der Waals surface area contributed by atoms with Crippen LogP contribution in [0, 0.1) is 18.8 Å². The van der Waals surface area contributed by atoms with Gasteiger partial charge in [0.15, 0.2) is 5.82 Å². The molecule has 2 unspecified atom stereocenters. The molecule has 0 radical (unpaired) electrons. The number of carbonyl (C=O) groups is 3. The number of aryl methyl sites for hydroxylation is 1. The summed E-state index contributed by atoms with van der Waals surface area (Å²) in [5, 5.41) is 14.2. The quantitative estimate of drug-likeness (QED) is 0.714. The highest BCUT2D eigenvalue weighted by Gasteiger charge is 2.47. The number of nitrogens with one attached hydrogen (secondary N) is 1. The maximum absolute atomic E-state index is 12.5. The Balaban J connectivity index is 1.42. The maximum Gasteiger partial charge on any atom is 0.233 e. The average molecular weight is 412 g/mol. The number of aromatic nitrogens is 4. The van der Waals surface area contributed by atoms with Gasteiger partial charge in [-0.1, -0.05) is 12.8 Å². The summed E-state index contributed by atoms with van der Waals surface area (Å²) in [5.74, 6) is 0.200. The number of fused-ring (bicyclic) bond motifs is 1. The van der Waals surface area contributed by atoms with Gasteiger partial charge in [0.05, 0.1) is 18.9 Å². The van der Waals surface area contributed by atoms with Crippen LogP contribution in [-0.2, 0) is 14.4 Å². The van der Waals surface area contributed by atoms with E-state index in [1.54, 1.807) is 32.2 Å². The number of rotatable bonds is 6. The third kappa shape index (κ3) is 3.64. The van der Waals surface area contributed by atoms with Crippen LogP contribution in [0.1, 0.15) is 37.9 Å². The maximum atomic E-state index is 12.5. The van der Waals surface area contributed by atoms with Crippen LogP contribution in [0.2, 0.25) is 0 Å². The molecule has 1 saturated heterocycles. The second kappa shape index (κ2) is 8.21. The van der Waals surface area contributed by atoms with Gasteiger partial charge in [-0.2, -0.15) is 4.68 Å². The van der Waals surface area contributed by atoms with Crippen LogP contribution in [-0.4, -0.2) is 56.5 Å². The first-order valence-electron chi connectivity index (χ1n) is 10.1. The highest BCUT2D eigenvalue weighted by atomic mass is 16.5. The molecule has 2 atom stereocenters. The molecule has 1 N–H and O–H groups in total. The van der Waals surface area contributed by atoms with Crippen molar-refractivity contribution in [3.63, 3.8) is 0 Å². The van der Waals surface area contributed by atoms with Crippen molar-refractivity contribution in [3.05, 3.63) is 24.0 Å². The van der Waals surface area contributed by atoms with E-state index in [0.717, 1.165) is 25.7 Å². The van der Waals surface area contributed by atoms with Crippen LogP contribution in [0.25, 0.3) is 5.69 Å². The molecule has 2 heterocycles. The van der Waals surface area contributed by atoms with Crippen molar-refractivity contribution >= 4 is 23.4 Å². The van der Waals surface area contributed by atoms with Crippen molar-refractivity contribution in [1.29, 1.82) is 0 Å². The first-order chi connectivity index (χ1) is 14.5. The fourth-order valence-electron chi connectivity index (χ4n) is 4.28. The summed E-state index contributed by atoms with van der Waals surface area (Å²) >= 11 is 0. The second-order valence-electron chi connectivity index (χ2n) is 7.65. The van der Waals surface area contributed by atoms with Gasteiger partial charge in [-0.15, -0.1) is 5.10 Å². The van der Waals surface area contributed by atoms with E-state index in [4.69, 9.17) is 4.74 Å². The Bertz CT molecular complexity index is 963. The zero-order chi connectivity index (χ0) is 21.3. The molecular weight excluding hydrogens is 388 g/mol. The Labute approximate surface area is 173 Å². The van der Waals surface area contributed by atoms with Gasteiger partial charge < -0.3 is 10.1 Å². The number of hydrogen-bond donors (Lipinski definition) is 1. The minimum Gasteiger partial charge on any atom is -0.494 e. The third-order valence-corrected chi connectivity index (χ3v) is 5.81. The first kappa shape index (κ1) is 20.0. The summed E-state index contributed by atoms with van der Waals surface area (Å²) in [7, 11) is 1.54. The minimum absolute atomic E-state index is 0.0438. The van der Waals surface area contributed by atoms with Gasteiger partial charge in [0.2, 0.25) is 17.7 Å². The van der Waals surface area contributed by atoms with Crippen LogP contribution < -0.4 is 10.1 Å². The van der Waals surface area contributed by atoms with Crippen LogP contribution >= 0.6 is 0 Å². The van der Waals surface area contributed by atoms with Gasteiger partial charge >= 0.3 is 0 Å². The van der Waals surface area contributed by atoms with E-state index in [9.17, 15) is 14.4 Å². The molecule has 2 aliphatic rings. The van der Waals surface area contributed by atoms with Crippen molar-refractivity contribution in [2.75, 3.05) is 19.0 Å². The fourth-order valence-corrected chi connectivity index (χ4v) is 4.28. The van der Waals surface area contributed by atoms with E-state index >= 15 is 0 Å². The predicted octanol–water partition coefficient (Wildman–Crippen LogP) is 1.48. The number of amides is 3. The molecule has 1 aliphatic carbocycles. The Kier molecular flexibility index (Phi) is 5.47. The van der Waals surface area contributed by atoms with Gasteiger partial charge in [-0.25, -0.2) is 0 Å². The van der Waals surface area contributed by atoms with Crippen molar-refractivity contribution < 1.29 is 19.1 Å². The molecule has 0 bridgehead atoms. The Morgan fingerprint density at radius 2 is 1.90 bits per heavy atom. The normalized spacial score (nSPS) is 20.9. The smallest absolute Gasteiger partial charge is 0.233 e. The van der Waals surface area contributed by atoms with E-state index in [1.165, 1.54) is 9.58 Å². The number of imide groups is 1. The highest BCUT2D eigenvalue weighted by Crippen LogP contribution is 2.38. The lowest BCUT2D eigenvalue weighted by Gasteiger charge is -2.19. The average Bonchev–Trinajstić information content (AvgIpc) is 3.28. The number of anilines is 1. The summed E-state index contributed by atoms with van der Waals surface area (Å²) in [6, 6.07) is 5.13. The number of nitrogens with zero attached hydrogens (tertiary/aromatic N) is 5. The molecule has 10 heteroatoms. The molecule has 1 aliphatic heterocycles. The fraction of sp³-hybridized carbons (Fsp3) is 0.500. The SMILES string of the molecule is COc1ccc(NC(=O)CCN2C(=O)C3CCCCC3C2=O)cc1-n1nnnc1C. The zero-order valence-electron chi connectivity index (χ0n) is 17.0. The number of likely N-dealkylation sites (tertiary alicyclic amines) is 1. The van der Waals surface area contributed by atoms with Crippen molar-refractivity contribution in [2.24, 2.45) is 11.8 Å². The summed E-state index contributed by atoms with van der Waals surface area (Å²) in [5.41, 5.74) is 1.13. The van der Waals surface area contributed by atoms with Crippen molar-refractivity contribution in [3.8, 4) is 11.4 Å². The minimum atomic E-state index is -0.282. The number of carbonyl (C=O) groups excluding carboxylic acids is 3. The summed E-state index contributed by atoms with van der Waals surface area (Å²) in [4.78, 5) is 38.8. The number of methoxy groups -OCH3 is 1. The number of benzene rings is 1. The molecule has 2 fully saturated rings. The Morgan fingerprint density at radius 1 is 1.20 bits per heavy atom. The van der Waals surface area contributed by atoms with Gasteiger partial charge in [-0.3, -0.25) is 19.3 Å². The van der Waals surface area contributed by atoms with Crippen LogP contribution in [0.5, 0.6) is 5.75 Å². The monoisotopic (exact) mass is 412 g/mol. The third-order valence-electron chi connectivity index (χ3n) is 5.81. The van der Waals surface area contributed by atoms with Crippen LogP contribution in [0.4, 0.5) is 5.69 Å². The molecular formula is C20H24N6O4. The second-order valence-corrected chi connectivity index (χ2v) is 7.65. The summed E-state index contributed by atoms with van der Waals surface area (Å²) < 4.78 is 6.87. The molecule has 3 amide bonds. The highest BCUT2D eigenvalue weighted by molar-refractivity contribution is 6.05. The molecule has 2 aromatic rings. The molecule has 4 rings (SSSR count). The largest absolute Gasteiger partial charge is 0.494 e. The van der Waals surface area contributed by atoms with E-state index in [1.807, 2.05) is 0 Å². The van der Waals surface area contributed by atoms with Crippen molar-refractivity contribution in [1.82, 2.24) is 25.1 Å². The van der Waals surface area contributed by atoms with E-state index in [0.29, 0.717) is 22.9 Å². The van der Waals surface area contributed by atoms with Crippen LogP contribution in [0.15, 0.2) is 18.2 Å². The van der Waals surface area contributed by atoms with Gasteiger partial charge in [-0.05, 0) is 48.4 Å². The lowest BCUT2D eigenvalue weighted by molar-refractivity contribution is -0.140. The Hall–Kier alpha value is -3.30. The van der Waals surface area contributed by atoms with Gasteiger partial charge in [0.1, 0.15) is 11.4 Å². The zero-order valence-corrected chi connectivity index (χ0v) is 17.0. The molecule has 30 heavy (non-hydrogen) atoms. The van der Waals surface area contributed by atoms with E-state index < -0.39 is 0 Å². The number of ether oxygens (including phenoxy) is 1. The molecule has 0 spiro atoms. The van der Waals surface area contributed by atoms with E-state index in [-0.39, 0.29) is 42.5 Å². The standard InChI is InChI=1S/C20H24N6O4/c1-12-22-23-24-26(12)16-11-13(7-8-17(16)30-2)21-18(27)9-10-25-19(28)14-5-3-4-6-15(14)20(25)29/h7-8,11,14-15H,3-6,9-10H2,1-2H3,(H,21,27). The lowest BCUT2D eigenvalue weighted by Crippen LogP contribution is -2.34. The van der Waals surface area contributed by atoms with Crippen molar-refractivity contribution in [2.45, 2.75) is 39.0 Å². The lowest BCUT2D eigenvalue weighted by atomic mass is 9.81. The topological polar surface area (TPSA) is 119 Å². The molecule has 1 aromatic carbocycles. The molecule has 10 nitrogen and oxygen atoms in total. The first-order valence-corrected chi connectivity index (χ1v) is 10.1. The molecule has 158 valence electrons. The summed E-state index contributed by atoms with van der Waals surface area (Å²) in [6.07, 6.45) is 3.54. The number of hydrogen-bond acceptors (Lipinski definition) is 7. The predicted molar refractivity (Wildman–Crippen MR) is 106 cm³/mol. The van der Waals surface area contributed by atoms with Gasteiger partial charge in [0.25, 0.3) is 0 Å².